The summed E-state index contributed by atoms with van der Waals surface area (Å²) >= 11 is 0. The summed E-state index contributed by atoms with van der Waals surface area (Å²) < 4.78 is 5.20. The maximum atomic E-state index is 10.4. The predicted octanol–water partition coefficient (Wildman–Crippen LogP) is 0.929. The van der Waals surface area contributed by atoms with Gasteiger partial charge >= 0.3 is 0 Å². The van der Waals surface area contributed by atoms with Gasteiger partial charge in [0.1, 0.15) is 5.69 Å². The fourth-order valence-electron chi connectivity index (χ4n) is 2.32. The first-order valence-corrected chi connectivity index (χ1v) is 6.29. The molecule has 3 rings (SSSR count). The van der Waals surface area contributed by atoms with Gasteiger partial charge in [0.2, 0.25) is 5.82 Å². The molecule has 1 saturated heterocycles. The van der Waals surface area contributed by atoms with E-state index in [1.165, 1.54) is 0 Å². The Labute approximate surface area is 110 Å². The third-order valence-corrected chi connectivity index (χ3v) is 3.38. The highest BCUT2D eigenvalue weighted by Gasteiger charge is 2.39. The van der Waals surface area contributed by atoms with Crippen LogP contribution in [0.15, 0.2) is 16.8 Å². The molecule has 2 aromatic rings. The summed E-state index contributed by atoms with van der Waals surface area (Å²) in [5, 5.41) is 17.4. The fourth-order valence-corrected chi connectivity index (χ4v) is 2.32. The predicted molar refractivity (Wildman–Crippen MR) is 68.4 cm³/mol. The van der Waals surface area contributed by atoms with Crippen molar-refractivity contribution in [1.29, 1.82) is 0 Å². The number of hydrogen-bond acceptors (Lipinski definition) is 6. The van der Waals surface area contributed by atoms with Crippen molar-refractivity contribution in [1.82, 2.24) is 20.4 Å². The molecule has 1 atom stereocenters. The average molecular weight is 260 g/mol. The molecule has 3 heterocycles. The number of aromatic nitrogens is 3. The summed E-state index contributed by atoms with van der Waals surface area (Å²) in [6.45, 7) is 5.13. The summed E-state index contributed by atoms with van der Waals surface area (Å²) in [5.74, 6) is 0.683. The van der Waals surface area contributed by atoms with Crippen molar-refractivity contribution >= 4 is 0 Å². The van der Waals surface area contributed by atoms with Gasteiger partial charge in [0.05, 0.1) is 0 Å². The van der Waals surface area contributed by atoms with Crippen LogP contribution in [-0.4, -0.2) is 33.3 Å². The topological polar surface area (TPSA) is 84.1 Å². The van der Waals surface area contributed by atoms with Gasteiger partial charge in [0.25, 0.3) is 5.89 Å². The summed E-state index contributed by atoms with van der Waals surface area (Å²) in [6, 6.07) is 2.02. The minimum absolute atomic E-state index is 0.259. The number of β-amino-alcohol motifs (C(OH)–C–C–N with tert-alkyl or cyclic N) is 1. The van der Waals surface area contributed by atoms with Crippen LogP contribution in [0.1, 0.15) is 23.4 Å². The zero-order valence-electron chi connectivity index (χ0n) is 11.0. The smallest absolute Gasteiger partial charge is 0.260 e. The van der Waals surface area contributed by atoms with Gasteiger partial charge in [0, 0.05) is 12.7 Å². The second-order valence-corrected chi connectivity index (χ2v) is 5.06. The lowest BCUT2D eigenvalue weighted by Crippen LogP contribution is -2.28. The summed E-state index contributed by atoms with van der Waals surface area (Å²) in [4.78, 5) is 8.62. The first-order valence-electron chi connectivity index (χ1n) is 6.29. The lowest BCUT2D eigenvalue weighted by atomic mass is 10.0. The van der Waals surface area contributed by atoms with Crippen molar-refractivity contribution in [2.75, 3.05) is 13.1 Å². The molecule has 0 bridgehead atoms. The van der Waals surface area contributed by atoms with Gasteiger partial charge < -0.3 is 14.9 Å². The molecule has 2 aromatic heterocycles. The molecular weight excluding hydrogens is 244 g/mol. The number of pyridine rings is 1. The molecule has 0 amide bonds. The second-order valence-electron chi connectivity index (χ2n) is 5.06. The van der Waals surface area contributed by atoms with E-state index in [9.17, 15) is 5.11 Å². The molecule has 0 radical (unpaired) electrons. The highest BCUT2D eigenvalue weighted by atomic mass is 16.5. The fraction of sp³-hybridized carbons (Fsp3) is 0.462. The molecule has 0 aliphatic carbocycles. The monoisotopic (exact) mass is 260 g/mol. The molecule has 6 nitrogen and oxygen atoms in total. The zero-order valence-corrected chi connectivity index (χ0v) is 11.0. The summed E-state index contributed by atoms with van der Waals surface area (Å²) in [6.07, 6.45) is 2.35. The van der Waals surface area contributed by atoms with Crippen molar-refractivity contribution in [3.63, 3.8) is 0 Å². The van der Waals surface area contributed by atoms with Crippen LogP contribution in [0, 0.1) is 13.8 Å². The van der Waals surface area contributed by atoms with E-state index in [0.29, 0.717) is 24.5 Å². The SMILES string of the molecule is Cc1cnc(-c2noc(C3(O)CCNC3)n2)c(C)c1. The third kappa shape index (κ3) is 2.13. The van der Waals surface area contributed by atoms with Gasteiger partial charge in [-0.25, -0.2) is 0 Å². The zero-order chi connectivity index (χ0) is 13.5. The van der Waals surface area contributed by atoms with Crippen LogP contribution < -0.4 is 5.32 Å². The van der Waals surface area contributed by atoms with Crippen LogP contribution in [0.4, 0.5) is 0 Å². The maximum Gasteiger partial charge on any atom is 0.260 e. The van der Waals surface area contributed by atoms with Gasteiger partial charge in [0.15, 0.2) is 5.60 Å². The number of nitrogens with zero attached hydrogens (tertiary/aromatic N) is 3. The highest BCUT2D eigenvalue weighted by Crippen LogP contribution is 2.28. The standard InChI is InChI=1S/C13H16N4O2/c1-8-5-9(2)10(15-6-8)11-16-12(19-17-11)13(18)3-4-14-7-13/h5-6,14,18H,3-4,7H2,1-2H3. The Kier molecular flexibility index (Phi) is 2.83. The molecule has 100 valence electrons. The first kappa shape index (κ1) is 12.3. The van der Waals surface area contributed by atoms with E-state index < -0.39 is 5.60 Å². The van der Waals surface area contributed by atoms with E-state index in [4.69, 9.17) is 4.52 Å². The Morgan fingerprint density at radius 2 is 2.26 bits per heavy atom. The molecular formula is C13H16N4O2. The number of aliphatic hydroxyl groups is 1. The Morgan fingerprint density at radius 3 is 2.95 bits per heavy atom. The molecule has 1 aliphatic rings. The van der Waals surface area contributed by atoms with Crippen LogP contribution in [0.5, 0.6) is 0 Å². The molecule has 1 aliphatic heterocycles. The van der Waals surface area contributed by atoms with E-state index in [1.807, 2.05) is 19.9 Å². The summed E-state index contributed by atoms with van der Waals surface area (Å²) in [5.41, 5.74) is 1.71. The molecule has 1 fully saturated rings. The van der Waals surface area contributed by atoms with Gasteiger partial charge in [-0.2, -0.15) is 4.98 Å². The first-order chi connectivity index (χ1) is 9.08. The Morgan fingerprint density at radius 1 is 1.42 bits per heavy atom. The van der Waals surface area contributed by atoms with E-state index >= 15 is 0 Å². The number of hydrogen-bond donors (Lipinski definition) is 2. The van der Waals surface area contributed by atoms with Crippen molar-refractivity contribution in [2.24, 2.45) is 0 Å². The molecule has 19 heavy (non-hydrogen) atoms. The minimum Gasteiger partial charge on any atom is -0.379 e. The molecule has 0 spiro atoms. The lowest BCUT2D eigenvalue weighted by molar-refractivity contribution is 0.0243. The largest absolute Gasteiger partial charge is 0.379 e. The minimum atomic E-state index is -1.05. The number of aryl methyl sites for hydroxylation is 2. The Balaban J connectivity index is 1.97. The van der Waals surface area contributed by atoms with Crippen LogP contribution >= 0.6 is 0 Å². The quantitative estimate of drug-likeness (QED) is 0.835. The van der Waals surface area contributed by atoms with Crippen molar-refractivity contribution in [2.45, 2.75) is 25.9 Å². The Hall–Kier alpha value is -1.79. The van der Waals surface area contributed by atoms with Crippen molar-refractivity contribution in [3.8, 4) is 11.5 Å². The van der Waals surface area contributed by atoms with Gasteiger partial charge in [-0.1, -0.05) is 11.2 Å². The van der Waals surface area contributed by atoms with Crippen LogP contribution in [-0.2, 0) is 5.60 Å². The number of rotatable bonds is 2. The molecule has 1 unspecified atom stereocenters. The van der Waals surface area contributed by atoms with Crippen LogP contribution in [0.2, 0.25) is 0 Å². The van der Waals surface area contributed by atoms with Crippen molar-refractivity contribution in [3.05, 3.63) is 29.3 Å². The van der Waals surface area contributed by atoms with E-state index in [-0.39, 0.29) is 5.89 Å². The highest BCUT2D eigenvalue weighted by molar-refractivity contribution is 5.54. The molecule has 0 aromatic carbocycles. The van der Waals surface area contributed by atoms with E-state index in [2.05, 4.69) is 20.4 Å². The molecule has 0 saturated carbocycles. The van der Waals surface area contributed by atoms with Crippen molar-refractivity contribution < 1.29 is 9.63 Å². The maximum absolute atomic E-state index is 10.4. The van der Waals surface area contributed by atoms with Crippen LogP contribution in [0.25, 0.3) is 11.5 Å². The number of nitrogens with one attached hydrogen (secondary N) is 1. The van der Waals surface area contributed by atoms with E-state index in [1.54, 1.807) is 6.20 Å². The molecule has 6 heteroatoms. The second kappa shape index (κ2) is 4.40. The average Bonchev–Trinajstić information content (AvgIpc) is 2.99. The third-order valence-electron chi connectivity index (χ3n) is 3.38. The normalized spacial score (nSPS) is 22.9. The van der Waals surface area contributed by atoms with E-state index in [0.717, 1.165) is 17.7 Å². The lowest BCUT2D eigenvalue weighted by Gasteiger charge is -2.14. The van der Waals surface area contributed by atoms with Gasteiger partial charge in [-0.3, -0.25) is 4.98 Å². The van der Waals surface area contributed by atoms with Gasteiger partial charge in [-0.15, -0.1) is 0 Å². The van der Waals surface area contributed by atoms with Gasteiger partial charge in [-0.05, 0) is 37.9 Å². The Bertz CT molecular complexity index is 602. The molecule has 2 N–H and O–H groups in total. The van der Waals surface area contributed by atoms with Crippen LogP contribution in [0.3, 0.4) is 0 Å². The summed E-state index contributed by atoms with van der Waals surface area (Å²) in [7, 11) is 0.